The topological polar surface area (TPSA) is 78.3 Å². The zero-order valence-corrected chi connectivity index (χ0v) is 18.3. The van der Waals surface area contributed by atoms with Gasteiger partial charge in [-0.25, -0.2) is 9.67 Å². The smallest absolute Gasteiger partial charge is 0.276 e. The van der Waals surface area contributed by atoms with E-state index >= 15 is 0 Å². The predicted molar refractivity (Wildman–Crippen MR) is 121 cm³/mol. The van der Waals surface area contributed by atoms with E-state index in [2.05, 4.69) is 21.5 Å². The normalized spacial score (nSPS) is 10.7. The SMILES string of the molecule is COc1cccc(-c2nc(C(=O)Nc3ccnn3Cc3cccc(C)c3)cs2)c1OC. The quantitative estimate of drug-likeness (QED) is 0.459. The molecule has 0 saturated carbocycles. The number of hydrogen-bond acceptors (Lipinski definition) is 6. The number of para-hydroxylation sites is 1. The van der Waals surface area contributed by atoms with Gasteiger partial charge < -0.3 is 14.8 Å². The minimum absolute atomic E-state index is 0.296. The molecule has 0 unspecified atom stereocenters. The van der Waals surface area contributed by atoms with Crippen LogP contribution < -0.4 is 14.8 Å². The monoisotopic (exact) mass is 434 g/mol. The van der Waals surface area contributed by atoms with Crippen molar-refractivity contribution < 1.29 is 14.3 Å². The van der Waals surface area contributed by atoms with E-state index < -0.39 is 0 Å². The van der Waals surface area contributed by atoms with Gasteiger partial charge in [-0.3, -0.25) is 4.79 Å². The number of amides is 1. The lowest BCUT2D eigenvalue weighted by Gasteiger charge is -2.10. The average molecular weight is 435 g/mol. The molecule has 0 aliphatic carbocycles. The molecule has 1 amide bonds. The van der Waals surface area contributed by atoms with E-state index in [1.54, 1.807) is 36.5 Å². The predicted octanol–water partition coefficient (Wildman–Crippen LogP) is 4.63. The number of carbonyl (C=O) groups excluding carboxylic acids is 1. The second kappa shape index (κ2) is 9.01. The van der Waals surface area contributed by atoms with Crippen molar-refractivity contribution in [3.8, 4) is 22.1 Å². The maximum Gasteiger partial charge on any atom is 0.276 e. The zero-order valence-electron chi connectivity index (χ0n) is 17.5. The van der Waals surface area contributed by atoms with E-state index in [-0.39, 0.29) is 5.91 Å². The molecule has 1 N–H and O–H groups in total. The molecule has 0 bridgehead atoms. The summed E-state index contributed by atoms with van der Waals surface area (Å²) in [5.74, 6) is 1.51. The number of rotatable bonds is 7. The van der Waals surface area contributed by atoms with Gasteiger partial charge in [-0.1, -0.05) is 35.9 Å². The zero-order chi connectivity index (χ0) is 21.8. The van der Waals surface area contributed by atoms with E-state index in [0.29, 0.717) is 34.6 Å². The van der Waals surface area contributed by atoms with Crippen LogP contribution in [0.2, 0.25) is 0 Å². The number of hydrogen-bond donors (Lipinski definition) is 1. The molecular formula is C23H22N4O3S. The third-order valence-corrected chi connectivity index (χ3v) is 5.62. The van der Waals surface area contributed by atoms with Gasteiger partial charge in [0.1, 0.15) is 16.5 Å². The summed E-state index contributed by atoms with van der Waals surface area (Å²) in [7, 11) is 3.17. The molecule has 7 nitrogen and oxygen atoms in total. The lowest BCUT2D eigenvalue weighted by molar-refractivity contribution is 0.102. The molecule has 2 heterocycles. The van der Waals surface area contributed by atoms with Gasteiger partial charge in [-0.15, -0.1) is 11.3 Å². The summed E-state index contributed by atoms with van der Waals surface area (Å²) in [6.45, 7) is 2.61. The first-order chi connectivity index (χ1) is 15.1. The van der Waals surface area contributed by atoms with Gasteiger partial charge >= 0.3 is 0 Å². The first-order valence-electron chi connectivity index (χ1n) is 9.64. The van der Waals surface area contributed by atoms with Crippen LogP contribution in [0.25, 0.3) is 10.6 Å². The van der Waals surface area contributed by atoms with Crippen LogP contribution in [0.1, 0.15) is 21.6 Å². The highest BCUT2D eigenvalue weighted by atomic mass is 32.1. The lowest BCUT2D eigenvalue weighted by atomic mass is 10.1. The number of carbonyl (C=O) groups is 1. The first-order valence-corrected chi connectivity index (χ1v) is 10.5. The molecule has 4 rings (SSSR count). The molecule has 0 fully saturated rings. The van der Waals surface area contributed by atoms with Crippen LogP contribution in [0.15, 0.2) is 60.1 Å². The number of methoxy groups -OCH3 is 2. The van der Waals surface area contributed by atoms with Crippen molar-refractivity contribution in [3.05, 3.63) is 76.9 Å². The summed E-state index contributed by atoms with van der Waals surface area (Å²) in [5.41, 5.74) is 3.39. The summed E-state index contributed by atoms with van der Waals surface area (Å²) in [6, 6.07) is 15.5. The summed E-state index contributed by atoms with van der Waals surface area (Å²) >= 11 is 1.37. The van der Waals surface area contributed by atoms with Crippen LogP contribution in [0, 0.1) is 6.92 Å². The highest BCUT2D eigenvalue weighted by Gasteiger charge is 2.18. The summed E-state index contributed by atoms with van der Waals surface area (Å²) in [5, 5.41) is 9.65. The summed E-state index contributed by atoms with van der Waals surface area (Å²) in [6.07, 6.45) is 1.67. The molecule has 0 saturated heterocycles. The molecule has 0 aliphatic rings. The molecular weight excluding hydrogens is 412 g/mol. The molecule has 2 aromatic carbocycles. The first kappa shape index (κ1) is 20.6. The largest absolute Gasteiger partial charge is 0.493 e. The van der Waals surface area contributed by atoms with Gasteiger partial charge in [-0.2, -0.15) is 5.10 Å². The van der Waals surface area contributed by atoms with Crippen LogP contribution in [-0.4, -0.2) is 34.9 Å². The third kappa shape index (κ3) is 4.44. The maximum absolute atomic E-state index is 12.8. The van der Waals surface area contributed by atoms with Crippen molar-refractivity contribution in [2.24, 2.45) is 0 Å². The number of aromatic nitrogens is 3. The Hall–Kier alpha value is -3.65. The molecule has 158 valence electrons. The van der Waals surface area contributed by atoms with Gasteiger partial charge in [0.2, 0.25) is 0 Å². The van der Waals surface area contributed by atoms with Crippen LogP contribution in [0.3, 0.4) is 0 Å². The van der Waals surface area contributed by atoms with Crippen LogP contribution in [0.4, 0.5) is 5.82 Å². The molecule has 0 radical (unpaired) electrons. The van der Waals surface area contributed by atoms with E-state index in [1.807, 2.05) is 43.3 Å². The number of nitrogens with zero attached hydrogens (tertiary/aromatic N) is 3. The van der Waals surface area contributed by atoms with Crippen molar-refractivity contribution in [1.29, 1.82) is 0 Å². The minimum atomic E-state index is -0.296. The van der Waals surface area contributed by atoms with E-state index in [4.69, 9.17) is 9.47 Å². The van der Waals surface area contributed by atoms with Crippen LogP contribution >= 0.6 is 11.3 Å². The Labute approximate surface area is 184 Å². The fraction of sp³-hybridized carbons (Fsp3) is 0.174. The fourth-order valence-electron chi connectivity index (χ4n) is 3.29. The lowest BCUT2D eigenvalue weighted by Crippen LogP contribution is -2.16. The Balaban J connectivity index is 1.53. The summed E-state index contributed by atoms with van der Waals surface area (Å²) < 4.78 is 12.6. The van der Waals surface area contributed by atoms with Crippen molar-refractivity contribution in [1.82, 2.24) is 14.8 Å². The molecule has 8 heteroatoms. The van der Waals surface area contributed by atoms with E-state index in [1.165, 1.54) is 16.9 Å². The molecule has 2 aromatic heterocycles. The van der Waals surface area contributed by atoms with Gasteiger partial charge in [0.15, 0.2) is 11.5 Å². The van der Waals surface area contributed by atoms with Crippen molar-refractivity contribution in [3.63, 3.8) is 0 Å². The Morgan fingerprint density at radius 3 is 2.74 bits per heavy atom. The van der Waals surface area contributed by atoms with Crippen LogP contribution in [-0.2, 0) is 6.54 Å². The Bertz CT molecular complexity index is 1220. The minimum Gasteiger partial charge on any atom is -0.493 e. The second-order valence-corrected chi connectivity index (χ2v) is 7.75. The Morgan fingerprint density at radius 2 is 1.97 bits per heavy atom. The molecule has 0 aliphatic heterocycles. The fourth-order valence-corrected chi connectivity index (χ4v) is 4.11. The maximum atomic E-state index is 12.8. The molecule has 4 aromatic rings. The Kier molecular flexibility index (Phi) is 5.99. The number of thiazole rings is 1. The van der Waals surface area contributed by atoms with E-state index in [0.717, 1.165) is 11.1 Å². The number of aryl methyl sites for hydroxylation is 1. The van der Waals surface area contributed by atoms with Crippen molar-refractivity contribution >= 4 is 23.1 Å². The number of nitrogens with one attached hydrogen (secondary N) is 1. The number of benzene rings is 2. The standard InChI is InChI=1S/C23H22N4O3S/c1-15-6-4-7-16(12-15)13-27-20(10-11-24-27)26-22(28)18-14-31-23(25-18)17-8-5-9-19(29-2)21(17)30-3/h4-12,14H,13H2,1-3H3,(H,26,28). The number of ether oxygens (including phenoxy) is 2. The van der Waals surface area contributed by atoms with Crippen molar-refractivity contribution in [2.45, 2.75) is 13.5 Å². The molecule has 0 spiro atoms. The number of anilines is 1. The molecule has 31 heavy (non-hydrogen) atoms. The average Bonchev–Trinajstić information content (AvgIpc) is 3.43. The van der Waals surface area contributed by atoms with Crippen molar-refractivity contribution in [2.75, 3.05) is 19.5 Å². The van der Waals surface area contributed by atoms with Gasteiger partial charge in [-0.05, 0) is 24.6 Å². The van der Waals surface area contributed by atoms with Gasteiger partial charge in [0, 0.05) is 11.4 Å². The summed E-state index contributed by atoms with van der Waals surface area (Å²) in [4.78, 5) is 17.3. The van der Waals surface area contributed by atoms with Crippen LogP contribution in [0.5, 0.6) is 11.5 Å². The molecule has 0 atom stereocenters. The third-order valence-electron chi connectivity index (χ3n) is 4.74. The van der Waals surface area contributed by atoms with Gasteiger partial charge in [0.05, 0.1) is 32.5 Å². The van der Waals surface area contributed by atoms with E-state index in [9.17, 15) is 4.79 Å². The highest BCUT2D eigenvalue weighted by molar-refractivity contribution is 7.13. The highest BCUT2D eigenvalue weighted by Crippen LogP contribution is 2.39. The Morgan fingerprint density at radius 1 is 1.13 bits per heavy atom. The second-order valence-electron chi connectivity index (χ2n) is 6.90. The van der Waals surface area contributed by atoms with Gasteiger partial charge in [0.25, 0.3) is 5.91 Å².